The highest BCUT2D eigenvalue weighted by Crippen LogP contribution is 2.27. The van der Waals surface area contributed by atoms with Gasteiger partial charge in [0, 0.05) is 24.6 Å². The predicted octanol–water partition coefficient (Wildman–Crippen LogP) is 3.67. The van der Waals surface area contributed by atoms with Gasteiger partial charge in [0.1, 0.15) is 0 Å². The summed E-state index contributed by atoms with van der Waals surface area (Å²) < 4.78 is 10.5. The number of rotatable bonds is 7. The van der Waals surface area contributed by atoms with Crippen LogP contribution in [-0.4, -0.2) is 30.1 Å². The van der Waals surface area contributed by atoms with E-state index in [2.05, 4.69) is 20.6 Å². The standard InChI is InChI=1S/C21H22N4O3/c1-14-4-7-17(8-5-14)25-20(26)16-12-23-21(24-13-16)22-11-15-6-9-18(27-2)19(10-15)28-3/h4-10,12-13H,11H2,1-3H3,(H,25,26)(H,22,23,24). The van der Waals surface area contributed by atoms with Crippen LogP contribution in [0, 0.1) is 6.92 Å². The maximum absolute atomic E-state index is 12.3. The van der Waals surface area contributed by atoms with Crippen LogP contribution in [0.2, 0.25) is 0 Å². The molecule has 7 heteroatoms. The van der Waals surface area contributed by atoms with Gasteiger partial charge in [0.25, 0.3) is 5.91 Å². The molecule has 1 heterocycles. The van der Waals surface area contributed by atoms with Crippen LogP contribution in [0.5, 0.6) is 11.5 Å². The van der Waals surface area contributed by atoms with Crippen molar-refractivity contribution < 1.29 is 14.3 Å². The number of hydrogen-bond donors (Lipinski definition) is 2. The van der Waals surface area contributed by atoms with Gasteiger partial charge in [-0.2, -0.15) is 0 Å². The largest absolute Gasteiger partial charge is 0.493 e. The fourth-order valence-electron chi connectivity index (χ4n) is 2.55. The highest BCUT2D eigenvalue weighted by Gasteiger charge is 2.08. The Morgan fingerprint density at radius 1 is 0.964 bits per heavy atom. The number of nitrogens with zero attached hydrogens (tertiary/aromatic N) is 2. The minimum Gasteiger partial charge on any atom is -0.493 e. The normalized spacial score (nSPS) is 10.2. The maximum Gasteiger partial charge on any atom is 0.258 e. The van der Waals surface area contributed by atoms with Crippen molar-refractivity contribution in [1.82, 2.24) is 9.97 Å². The number of aryl methyl sites for hydroxylation is 1. The molecule has 0 aliphatic rings. The van der Waals surface area contributed by atoms with E-state index in [0.717, 1.165) is 16.8 Å². The van der Waals surface area contributed by atoms with Crippen molar-refractivity contribution in [2.45, 2.75) is 13.5 Å². The lowest BCUT2D eigenvalue weighted by atomic mass is 10.2. The Labute approximate surface area is 163 Å². The number of hydrogen-bond acceptors (Lipinski definition) is 6. The van der Waals surface area contributed by atoms with E-state index < -0.39 is 0 Å². The highest BCUT2D eigenvalue weighted by molar-refractivity contribution is 6.03. The monoisotopic (exact) mass is 378 g/mol. The fraction of sp³-hybridized carbons (Fsp3) is 0.190. The van der Waals surface area contributed by atoms with Crippen molar-refractivity contribution in [2.24, 2.45) is 0 Å². The van der Waals surface area contributed by atoms with Crippen LogP contribution in [0.25, 0.3) is 0 Å². The van der Waals surface area contributed by atoms with Crippen LogP contribution < -0.4 is 20.1 Å². The van der Waals surface area contributed by atoms with Gasteiger partial charge in [-0.3, -0.25) is 4.79 Å². The molecule has 0 fully saturated rings. The Balaban J connectivity index is 1.59. The molecule has 1 aromatic heterocycles. The fourth-order valence-corrected chi connectivity index (χ4v) is 2.55. The van der Waals surface area contributed by atoms with E-state index in [1.807, 2.05) is 49.4 Å². The van der Waals surface area contributed by atoms with Gasteiger partial charge in [-0.05, 0) is 36.8 Å². The number of benzene rings is 2. The average Bonchev–Trinajstić information content (AvgIpc) is 2.74. The number of nitrogens with one attached hydrogen (secondary N) is 2. The maximum atomic E-state index is 12.3. The van der Waals surface area contributed by atoms with Crippen molar-refractivity contribution in [3.63, 3.8) is 0 Å². The summed E-state index contributed by atoms with van der Waals surface area (Å²) in [7, 11) is 3.19. The molecule has 0 aliphatic carbocycles. The van der Waals surface area contributed by atoms with Crippen molar-refractivity contribution in [3.05, 3.63) is 71.5 Å². The first-order chi connectivity index (χ1) is 13.6. The first kappa shape index (κ1) is 19.2. The van der Waals surface area contributed by atoms with E-state index in [-0.39, 0.29) is 5.91 Å². The van der Waals surface area contributed by atoms with E-state index in [4.69, 9.17) is 9.47 Å². The molecule has 0 atom stereocenters. The van der Waals surface area contributed by atoms with Crippen LogP contribution in [0.3, 0.4) is 0 Å². The zero-order valence-corrected chi connectivity index (χ0v) is 16.0. The molecule has 7 nitrogen and oxygen atoms in total. The van der Waals surface area contributed by atoms with Crippen LogP contribution in [0.1, 0.15) is 21.5 Å². The van der Waals surface area contributed by atoms with Gasteiger partial charge in [-0.1, -0.05) is 23.8 Å². The van der Waals surface area contributed by atoms with Gasteiger partial charge in [0.05, 0.1) is 19.8 Å². The summed E-state index contributed by atoms with van der Waals surface area (Å²) in [6.07, 6.45) is 2.99. The van der Waals surface area contributed by atoms with Gasteiger partial charge < -0.3 is 20.1 Å². The lowest BCUT2D eigenvalue weighted by molar-refractivity contribution is 0.102. The SMILES string of the molecule is COc1ccc(CNc2ncc(C(=O)Nc3ccc(C)cc3)cn2)cc1OC. The molecule has 28 heavy (non-hydrogen) atoms. The lowest BCUT2D eigenvalue weighted by Gasteiger charge is -2.10. The molecule has 0 spiro atoms. The van der Waals surface area contributed by atoms with Gasteiger partial charge in [0.15, 0.2) is 11.5 Å². The van der Waals surface area contributed by atoms with Crippen LogP contribution in [0.4, 0.5) is 11.6 Å². The number of amides is 1. The number of methoxy groups -OCH3 is 2. The first-order valence-electron chi connectivity index (χ1n) is 8.74. The van der Waals surface area contributed by atoms with E-state index in [0.29, 0.717) is 29.6 Å². The highest BCUT2D eigenvalue weighted by atomic mass is 16.5. The van der Waals surface area contributed by atoms with Crippen molar-refractivity contribution in [1.29, 1.82) is 0 Å². The number of ether oxygens (including phenoxy) is 2. The number of carbonyl (C=O) groups excluding carboxylic acids is 1. The minimum atomic E-state index is -0.254. The number of aromatic nitrogens is 2. The predicted molar refractivity (Wildman–Crippen MR) is 108 cm³/mol. The third-order valence-electron chi connectivity index (χ3n) is 4.12. The van der Waals surface area contributed by atoms with E-state index >= 15 is 0 Å². The van der Waals surface area contributed by atoms with E-state index in [1.165, 1.54) is 12.4 Å². The molecule has 2 N–H and O–H groups in total. The Kier molecular flexibility index (Phi) is 6.06. The Morgan fingerprint density at radius 2 is 1.64 bits per heavy atom. The number of carbonyl (C=O) groups is 1. The van der Waals surface area contributed by atoms with Crippen molar-refractivity contribution in [2.75, 3.05) is 24.9 Å². The number of anilines is 2. The third kappa shape index (κ3) is 4.76. The summed E-state index contributed by atoms with van der Waals surface area (Å²) in [4.78, 5) is 20.7. The summed E-state index contributed by atoms with van der Waals surface area (Å²) in [5.41, 5.74) is 3.23. The summed E-state index contributed by atoms with van der Waals surface area (Å²) in [6.45, 7) is 2.50. The zero-order valence-electron chi connectivity index (χ0n) is 16.0. The van der Waals surface area contributed by atoms with E-state index in [9.17, 15) is 4.79 Å². The second kappa shape index (κ2) is 8.85. The molecule has 0 aliphatic heterocycles. The molecule has 1 amide bonds. The molecule has 0 saturated heterocycles. The Hall–Kier alpha value is -3.61. The van der Waals surface area contributed by atoms with Gasteiger partial charge >= 0.3 is 0 Å². The van der Waals surface area contributed by atoms with E-state index in [1.54, 1.807) is 14.2 Å². The summed E-state index contributed by atoms with van der Waals surface area (Å²) in [5.74, 6) is 1.51. The summed E-state index contributed by atoms with van der Waals surface area (Å²) in [5, 5.41) is 5.94. The molecule has 3 aromatic rings. The zero-order chi connectivity index (χ0) is 19.9. The molecule has 144 valence electrons. The van der Waals surface area contributed by atoms with Gasteiger partial charge in [-0.25, -0.2) is 9.97 Å². The topological polar surface area (TPSA) is 85.4 Å². The Morgan fingerprint density at radius 3 is 2.29 bits per heavy atom. The van der Waals surface area contributed by atoms with Crippen LogP contribution >= 0.6 is 0 Å². The summed E-state index contributed by atoms with van der Waals surface area (Å²) in [6, 6.07) is 13.2. The van der Waals surface area contributed by atoms with Crippen LogP contribution in [-0.2, 0) is 6.54 Å². The van der Waals surface area contributed by atoms with Crippen molar-refractivity contribution >= 4 is 17.5 Å². The Bertz CT molecular complexity index is 941. The van der Waals surface area contributed by atoms with Gasteiger partial charge in [0.2, 0.25) is 5.95 Å². The molecule has 3 rings (SSSR count). The third-order valence-corrected chi connectivity index (χ3v) is 4.12. The molecule has 0 bridgehead atoms. The molecular weight excluding hydrogens is 356 g/mol. The lowest BCUT2D eigenvalue weighted by Crippen LogP contribution is -2.13. The van der Waals surface area contributed by atoms with Crippen molar-refractivity contribution in [3.8, 4) is 11.5 Å². The second-order valence-electron chi connectivity index (χ2n) is 6.16. The molecule has 2 aromatic carbocycles. The first-order valence-corrected chi connectivity index (χ1v) is 8.74. The van der Waals surface area contributed by atoms with Gasteiger partial charge in [-0.15, -0.1) is 0 Å². The quantitative estimate of drug-likeness (QED) is 0.653. The molecule has 0 radical (unpaired) electrons. The summed E-state index contributed by atoms with van der Waals surface area (Å²) >= 11 is 0. The second-order valence-corrected chi connectivity index (χ2v) is 6.16. The smallest absolute Gasteiger partial charge is 0.258 e. The average molecular weight is 378 g/mol. The molecule has 0 unspecified atom stereocenters. The minimum absolute atomic E-state index is 0.254. The van der Waals surface area contributed by atoms with Crippen LogP contribution in [0.15, 0.2) is 54.9 Å². The molecular formula is C21H22N4O3. The molecule has 0 saturated carbocycles.